The number of fused-ring (bicyclic) bond motifs is 1. The average molecular weight is 436 g/mol. The van der Waals surface area contributed by atoms with Gasteiger partial charge in [0, 0.05) is 44.1 Å². The van der Waals surface area contributed by atoms with E-state index in [1.165, 1.54) is 24.0 Å². The predicted molar refractivity (Wildman–Crippen MR) is 123 cm³/mol. The molecule has 1 heterocycles. The Bertz CT molecular complexity index is 1220. The Morgan fingerprint density at radius 3 is 2.58 bits per heavy atom. The molecular formula is C24H25N3O3S. The molecule has 1 amide bonds. The van der Waals surface area contributed by atoms with E-state index in [4.69, 9.17) is 0 Å². The van der Waals surface area contributed by atoms with Crippen LogP contribution in [-0.4, -0.2) is 39.3 Å². The van der Waals surface area contributed by atoms with Crippen molar-refractivity contribution in [2.75, 3.05) is 30.9 Å². The first kappa shape index (κ1) is 21.1. The lowest BCUT2D eigenvalue weighted by molar-refractivity contribution is 0.0989. The summed E-state index contributed by atoms with van der Waals surface area (Å²) in [5, 5.41) is 3.29. The highest BCUT2D eigenvalue weighted by Crippen LogP contribution is 2.29. The second-order valence-corrected chi connectivity index (χ2v) is 9.86. The van der Waals surface area contributed by atoms with Crippen LogP contribution in [-0.2, 0) is 23.0 Å². The van der Waals surface area contributed by atoms with E-state index in [1.54, 1.807) is 18.2 Å². The van der Waals surface area contributed by atoms with Gasteiger partial charge in [-0.2, -0.15) is 0 Å². The topological polar surface area (TPSA) is 69.7 Å². The molecule has 1 N–H and O–H groups in total. The summed E-state index contributed by atoms with van der Waals surface area (Å²) < 4.78 is 25.9. The number of rotatable bonds is 6. The van der Waals surface area contributed by atoms with Gasteiger partial charge in [-0.1, -0.05) is 36.4 Å². The van der Waals surface area contributed by atoms with E-state index in [1.807, 2.05) is 53.4 Å². The third-order valence-electron chi connectivity index (χ3n) is 5.42. The lowest BCUT2D eigenvalue weighted by Gasteiger charge is -2.18. The second kappa shape index (κ2) is 8.53. The number of sulfonamides is 1. The lowest BCUT2D eigenvalue weighted by Crippen LogP contribution is -2.28. The number of carbonyl (C=O) groups excluding carboxylic acids is 1. The fourth-order valence-corrected chi connectivity index (χ4v) is 4.67. The van der Waals surface area contributed by atoms with Crippen LogP contribution in [0.2, 0.25) is 0 Å². The van der Waals surface area contributed by atoms with Crippen molar-refractivity contribution in [1.29, 1.82) is 0 Å². The van der Waals surface area contributed by atoms with Gasteiger partial charge in [-0.05, 0) is 53.9 Å². The normalized spacial score (nSPS) is 13.3. The molecule has 0 radical (unpaired) electrons. The first-order valence-electron chi connectivity index (χ1n) is 10.1. The van der Waals surface area contributed by atoms with Crippen LogP contribution in [0.15, 0.2) is 77.7 Å². The van der Waals surface area contributed by atoms with Crippen molar-refractivity contribution in [2.45, 2.75) is 17.9 Å². The maximum atomic E-state index is 13.1. The summed E-state index contributed by atoms with van der Waals surface area (Å²) in [4.78, 5) is 15.2. The van der Waals surface area contributed by atoms with Crippen molar-refractivity contribution < 1.29 is 13.2 Å². The summed E-state index contributed by atoms with van der Waals surface area (Å²) >= 11 is 0. The van der Waals surface area contributed by atoms with Gasteiger partial charge in [-0.15, -0.1) is 0 Å². The monoisotopic (exact) mass is 435 g/mol. The molecule has 3 aromatic carbocycles. The third-order valence-corrected chi connectivity index (χ3v) is 7.23. The zero-order chi connectivity index (χ0) is 22.0. The van der Waals surface area contributed by atoms with Crippen LogP contribution >= 0.6 is 0 Å². The van der Waals surface area contributed by atoms with Gasteiger partial charge in [-0.3, -0.25) is 4.79 Å². The van der Waals surface area contributed by atoms with Crippen molar-refractivity contribution in [2.24, 2.45) is 0 Å². The number of benzene rings is 3. The molecule has 0 fully saturated rings. The summed E-state index contributed by atoms with van der Waals surface area (Å²) in [7, 11) is -0.448. The second-order valence-electron chi connectivity index (χ2n) is 7.70. The summed E-state index contributed by atoms with van der Waals surface area (Å²) in [5.41, 5.74) is 4.43. The molecule has 1 aliphatic heterocycles. The molecule has 0 spiro atoms. The Hall–Kier alpha value is -3.16. The van der Waals surface area contributed by atoms with Gasteiger partial charge in [0.15, 0.2) is 0 Å². The summed E-state index contributed by atoms with van der Waals surface area (Å²) in [6, 6.07) is 22.3. The van der Waals surface area contributed by atoms with Crippen LogP contribution in [0.1, 0.15) is 21.5 Å². The van der Waals surface area contributed by atoms with Crippen LogP contribution in [0.25, 0.3) is 0 Å². The van der Waals surface area contributed by atoms with Crippen LogP contribution in [0.3, 0.4) is 0 Å². The van der Waals surface area contributed by atoms with Gasteiger partial charge >= 0.3 is 0 Å². The Kier molecular flexibility index (Phi) is 5.80. The van der Waals surface area contributed by atoms with E-state index < -0.39 is 10.0 Å². The number of anilines is 2. The molecule has 0 atom stereocenters. The summed E-state index contributed by atoms with van der Waals surface area (Å²) in [6.45, 7) is 1.13. The van der Waals surface area contributed by atoms with E-state index in [0.717, 1.165) is 23.4 Å². The fraction of sp³-hybridized carbons (Fsp3) is 0.208. The van der Waals surface area contributed by atoms with Crippen LogP contribution in [0.5, 0.6) is 0 Å². The average Bonchev–Trinajstić information content (AvgIpc) is 3.21. The van der Waals surface area contributed by atoms with E-state index in [0.29, 0.717) is 18.7 Å². The summed E-state index contributed by atoms with van der Waals surface area (Å²) in [5.74, 6) is -0.0207. The number of hydrogen-bond acceptors (Lipinski definition) is 4. The fourth-order valence-electron chi connectivity index (χ4n) is 3.70. The lowest BCUT2D eigenvalue weighted by atomic mass is 10.1. The van der Waals surface area contributed by atoms with Gasteiger partial charge in [0.2, 0.25) is 10.0 Å². The molecule has 7 heteroatoms. The zero-order valence-corrected chi connectivity index (χ0v) is 18.4. The molecule has 0 bridgehead atoms. The van der Waals surface area contributed by atoms with Gasteiger partial charge < -0.3 is 10.2 Å². The minimum Gasteiger partial charge on any atom is -0.381 e. The number of para-hydroxylation sites is 1. The highest BCUT2D eigenvalue weighted by Gasteiger charge is 2.25. The number of hydrogen-bond donors (Lipinski definition) is 1. The molecule has 4 rings (SSSR count). The van der Waals surface area contributed by atoms with Crippen molar-refractivity contribution in [3.05, 3.63) is 89.5 Å². The summed E-state index contributed by atoms with van der Waals surface area (Å²) in [6.07, 6.45) is 0.867. The van der Waals surface area contributed by atoms with E-state index in [9.17, 15) is 13.2 Å². The smallest absolute Gasteiger partial charge is 0.258 e. The molecule has 0 unspecified atom stereocenters. The third kappa shape index (κ3) is 4.33. The molecule has 160 valence electrons. The number of nitrogens with one attached hydrogen (secondary N) is 1. The maximum Gasteiger partial charge on any atom is 0.258 e. The van der Waals surface area contributed by atoms with Crippen LogP contribution in [0.4, 0.5) is 11.4 Å². The molecule has 0 saturated heterocycles. The van der Waals surface area contributed by atoms with E-state index >= 15 is 0 Å². The number of amides is 1. The van der Waals surface area contributed by atoms with Crippen molar-refractivity contribution in [3.63, 3.8) is 0 Å². The molecular weight excluding hydrogens is 410 g/mol. The standard InChI is InChI=1S/C24H25N3O3S/c1-26(2)31(29,30)22-11-5-7-18(15-22)17-25-21-10-6-9-20(16-21)24(28)27-14-13-19-8-3-4-12-23(19)27/h3-12,15-16,25H,13-14,17H2,1-2H3. The Balaban J connectivity index is 1.48. The Morgan fingerprint density at radius 1 is 1.00 bits per heavy atom. The number of carbonyl (C=O) groups is 1. The van der Waals surface area contributed by atoms with Gasteiger partial charge in [0.05, 0.1) is 4.90 Å². The molecule has 31 heavy (non-hydrogen) atoms. The predicted octanol–water partition coefficient (Wildman–Crippen LogP) is 3.75. The van der Waals surface area contributed by atoms with Gasteiger partial charge in [-0.25, -0.2) is 12.7 Å². The van der Waals surface area contributed by atoms with E-state index in [2.05, 4.69) is 11.4 Å². The molecule has 3 aromatic rings. The van der Waals surface area contributed by atoms with Crippen LogP contribution in [0, 0.1) is 0 Å². The molecule has 0 aromatic heterocycles. The van der Waals surface area contributed by atoms with Gasteiger partial charge in [0.1, 0.15) is 0 Å². The highest BCUT2D eigenvalue weighted by atomic mass is 32.2. The van der Waals surface area contributed by atoms with Crippen LogP contribution < -0.4 is 10.2 Å². The van der Waals surface area contributed by atoms with Crippen molar-refractivity contribution in [1.82, 2.24) is 4.31 Å². The molecule has 0 aliphatic carbocycles. The number of nitrogens with zero attached hydrogens (tertiary/aromatic N) is 2. The molecule has 0 saturated carbocycles. The SMILES string of the molecule is CN(C)S(=O)(=O)c1cccc(CNc2cccc(C(=O)N3CCc4ccccc43)c2)c1. The minimum atomic E-state index is -3.48. The quantitative estimate of drug-likeness (QED) is 0.640. The van der Waals surface area contributed by atoms with E-state index in [-0.39, 0.29) is 10.8 Å². The first-order chi connectivity index (χ1) is 14.9. The molecule has 1 aliphatic rings. The van der Waals surface area contributed by atoms with Crippen molar-refractivity contribution in [3.8, 4) is 0 Å². The van der Waals surface area contributed by atoms with Crippen molar-refractivity contribution >= 4 is 27.3 Å². The maximum absolute atomic E-state index is 13.1. The Morgan fingerprint density at radius 2 is 1.77 bits per heavy atom. The minimum absolute atomic E-state index is 0.0207. The zero-order valence-electron chi connectivity index (χ0n) is 17.6. The molecule has 6 nitrogen and oxygen atoms in total. The first-order valence-corrected chi connectivity index (χ1v) is 11.6. The largest absolute Gasteiger partial charge is 0.381 e. The van der Waals surface area contributed by atoms with Gasteiger partial charge in [0.25, 0.3) is 5.91 Å². The highest BCUT2D eigenvalue weighted by molar-refractivity contribution is 7.89. The Labute approximate surface area is 183 Å².